The Balaban J connectivity index is 2.20. The number of rotatable bonds is 5. The van der Waals surface area contributed by atoms with Crippen molar-refractivity contribution in [3.8, 4) is 5.75 Å². The Hall–Kier alpha value is -2.62. The molecule has 0 bridgehead atoms. The van der Waals surface area contributed by atoms with Crippen LogP contribution in [0.25, 0.3) is 0 Å². The van der Waals surface area contributed by atoms with Crippen LogP contribution < -0.4 is 10.1 Å². The predicted molar refractivity (Wildman–Crippen MR) is 82.8 cm³/mol. The number of benzene rings is 1. The number of hydrogen-bond donors (Lipinski definition) is 2. The molecule has 1 amide bonds. The maximum atomic E-state index is 12.4. The lowest BCUT2D eigenvalue weighted by Crippen LogP contribution is -2.28. The standard InChI is InChI=1S/C15H13F3N2O4S/c1-7-11(14(22)23)25-13(20-7)8(2)19-12(21)9-5-3-4-6-10(9)24-15(16,17)18/h3-6,8H,1-2H3,(H,19,21)(H,22,23). The molecule has 1 aromatic carbocycles. The molecule has 0 aliphatic carbocycles. The van der Waals surface area contributed by atoms with Gasteiger partial charge in [0.25, 0.3) is 5.91 Å². The van der Waals surface area contributed by atoms with Gasteiger partial charge in [-0.05, 0) is 26.0 Å². The Kier molecular flexibility index (Phi) is 5.31. The SMILES string of the molecule is Cc1nc(C(C)NC(=O)c2ccccc2OC(F)(F)F)sc1C(=O)O. The summed E-state index contributed by atoms with van der Waals surface area (Å²) in [5, 5.41) is 11.8. The van der Waals surface area contributed by atoms with E-state index in [2.05, 4.69) is 15.0 Å². The molecular weight excluding hydrogens is 361 g/mol. The molecule has 10 heteroatoms. The minimum absolute atomic E-state index is 0.0388. The Morgan fingerprint density at radius 3 is 2.52 bits per heavy atom. The van der Waals surface area contributed by atoms with E-state index in [1.807, 2.05) is 0 Å². The van der Waals surface area contributed by atoms with Crippen LogP contribution in [0, 0.1) is 6.92 Å². The number of carboxylic acids is 1. The van der Waals surface area contributed by atoms with E-state index in [-0.39, 0.29) is 10.4 Å². The highest BCUT2D eigenvalue weighted by Crippen LogP contribution is 2.28. The largest absolute Gasteiger partial charge is 0.573 e. The minimum Gasteiger partial charge on any atom is -0.477 e. The van der Waals surface area contributed by atoms with Crippen molar-refractivity contribution in [1.29, 1.82) is 0 Å². The molecule has 0 aliphatic rings. The Labute approximate surface area is 144 Å². The van der Waals surface area contributed by atoms with Gasteiger partial charge in [0, 0.05) is 0 Å². The number of amides is 1. The molecule has 0 saturated heterocycles. The van der Waals surface area contributed by atoms with Gasteiger partial charge in [0.15, 0.2) is 0 Å². The van der Waals surface area contributed by atoms with Gasteiger partial charge >= 0.3 is 12.3 Å². The quantitative estimate of drug-likeness (QED) is 0.836. The first kappa shape index (κ1) is 18.7. The van der Waals surface area contributed by atoms with Gasteiger partial charge in [-0.15, -0.1) is 24.5 Å². The first-order chi connectivity index (χ1) is 11.6. The van der Waals surface area contributed by atoms with Gasteiger partial charge in [-0.25, -0.2) is 9.78 Å². The second-order valence-electron chi connectivity index (χ2n) is 5.01. The van der Waals surface area contributed by atoms with Crippen LogP contribution in [-0.2, 0) is 0 Å². The van der Waals surface area contributed by atoms with E-state index in [1.54, 1.807) is 6.92 Å². The zero-order valence-corrected chi connectivity index (χ0v) is 13.9. The molecule has 0 fully saturated rings. The number of carboxylic acid groups (broad SMARTS) is 1. The number of aryl methyl sites for hydroxylation is 1. The van der Waals surface area contributed by atoms with Crippen molar-refractivity contribution >= 4 is 23.2 Å². The molecule has 2 N–H and O–H groups in total. The molecular formula is C15H13F3N2O4S. The smallest absolute Gasteiger partial charge is 0.477 e. The molecule has 1 aromatic heterocycles. The number of aromatic carboxylic acids is 1. The average molecular weight is 374 g/mol. The maximum Gasteiger partial charge on any atom is 0.573 e. The fourth-order valence-electron chi connectivity index (χ4n) is 2.00. The number of hydrogen-bond acceptors (Lipinski definition) is 5. The highest BCUT2D eigenvalue weighted by atomic mass is 32.1. The van der Waals surface area contributed by atoms with E-state index < -0.39 is 30.0 Å². The Bertz CT molecular complexity index is 804. The van der Waals surface area contributed by atoms with Gasteiger partial charge < -0.3 is 15.2 Å². The lowest BCUT2D eigenvalue weighted by Gasteiger charge is -2.15. The number of aromatic nitrogens is 1. The monoisotopic (exact) mass is 374 g/mol. The van der Waals surface area contributed by atoms with Crippen molar-refractivity contribution in [2.75, 3.05) is 0 Å². The van der Waals surface area contributed by atoms with E-state index in [9.17, 15) is 22.8 Å². The van der Waals surface area contributed by atoms with Crippen molar-refractivity contribution in [2.24, 2.45) is 0 Å². The lowest BCUT2D eigenvalue weighted by molar-refractivity contribution is -0.274. The van der Waals surface area contributed by atoms with E-state index in [1.165, 1.54) is 25.1 Å². The topological polar surface area (TPSA) is 88.5 Å². The molecule has 0 aliphatic heterocycles. The van der Waals surface area contributed by atoms with E-state index in [0.717, 1.165) is 17.4 Å². The van der Waals surface area contributed by atoms with Crippen LogP contribution in [0.1, 0.15) is 43.7 Å². The zero-order valence-electron chi connectivity index (χ0n) is 13.0. The highest BCUT2D eigenvalue weighted by Gasteiger charge is 2.33. The Morgan fingerprint density at radius 1 is 1.32 bits per heavy atom. The molecule has 6 nitrogen and oxygen atoms in total. The van der Waals surface area contributed by atoms with Crippen LogP contribution in [0.15, 0.2) is 24.3 Å². The van der Waals surface area contributed by atoms with E-state index in [0.29, 0.717) is 10.7 Å². The van der Waals surface area contributed by atoms with Gasteiger partial charge in [0.1, 0.15) is 15.6 Å². The first-order valence-corrected chi connectivity index (χ1v) is 7.76. The highest BCUT2D eigenvalue weighted by molar-refractivity contribution is 7.13. The van der Waals surface area contributed by atoms with Crippen LogP contribution >= 0.6 is 11.3 Å². The Morgan fingerprint density at radius 2 is 1.96 bits per heavy atom. The molecule has 0 spiro atoms. The lowest BCUT2D eigenvalue weighted by atomic mass is 10.1. The van der Waals surface area contributed by atoms with Crippen LogP contribution in [-0.4, -0.2) is 28.3 Å². The molecule has 0 saturated carbocycles. The summed E-state index contributed by atoms with van der Waals surface area (Å²) in [6, 6.07) is 4.24. The fourth-order valence-corrected chi connectivity index (χ4v) is 2.91. The van der Waals surface area contributed by atoms with Gasteiger partial charge in [0.05, 0.1) is 17.3 Å². The number of carbonyl (C=O) groups excluding carboxylic acids is 1. The summed E-state index contributed by atoms with van der Waals surface area (Å²) in [5.41, 5.74) is 0.00724. The van der Waals surface area contributed by atoms with Gasteiger partial charge in [-0.2, -0.15) is 0 Å². The predicted octanol–water partition coefficient (Wildman–Crippen LogP) is 3.54. The third-order valence-electron chi connectivity index (χ3n) is 3.08. The van der Waals surface area contributed by atoms with Crippen molar-refractivity contribution in [3.63, 3.8) is 0 Å². The molecule has 134 valence electrons. The van der Waals surface area contributed by atoms with E-state index >= 15 is 0 Å². The number of halogens is 3. The number of ether oxygens (including phenoxy) is 1. The normalized spacial score (nSPS) is 12.5. The molecule has 0 radical (unpaired) electrons. The van der Waals surface area contributed by atoms with E-state index in [4.69, 9.17) is 5.11 Å². The van der Waals surface area contributed by atoms with Crippen LogP contribution in [0.2, 0.25) is 0 Å². The second kappa shape index (κ2) is 7.09. The summed E-state index contributed by atoms with van der Waals surface area (Å²) in [6.45, 7) is 3.07. The number of thiazole rings is 1. The molecule has 1 atom stereocenters. The van der Waals surface area contributed by atoms with Crippen molar-refractivity contribution < 1.29 is 32.6 Å². The number of alkyl halides is 3. The summed E-state index contributed by atoms with van der Waals surface area (Å²) in [6.07, 6.45) is -4.93. The summed E-state index contributed by atoms with van der Waals surface area (Å²) in [4.78, 5) is 27.4. The maximum absolute atomic E-state index is 12.4. The molecule has 2 rings (SSSR count). The summed E-state index contributed by atoms with van der Waals surface area (Å²) in [5.74, 6) is -2.55. The third-order valence-corrected chi connectivity index (χ3v) is 4.41. The van der Waals surface area contributed by atoms with Crippen molar-refractivity contribution in [1.82, 2.24) is 10.3 Å². The van der Waals surface area contributed by atoms with Gasteiger partial charge in [-0.3, -0.25) is 4.79 Å². The van der Waals surface area contributed by atoms with Crippen LogP contribution in [0.4, 0.5) is 13.2 Å². The first-order valence-electron chi connectivity index (χ1n) is 6.94. The number of nitrogens with one attached hydrogen (secondary N) is 1. The minimum atomic E-state index is -4.93. The third kappa shape index (κ3) is 4.69. The molecule has 1 heterocycles. The summed E-state index contributed by atoms with van der Waals surface area (Å²) in [7, 11) is 0. The van der Waals surface area contributed by atoms with Gasteiger partial charge in [0.2, 0.25) is 0 Å². The van der Waals surface area contributed by atoms with Crippen LogP contribution in [0.5, 0.6) is 5.75 Å². The van der Waals surface area contributed by atoms with Crippen LogP contribution in [0.3, 0.4) is 0 Å². The zero-order chi connectivity index (χ0) is 18.8. The number of nitrogens with zero attached hydrogens (tertiary/aromatic N) is 1. The number of carbonyl (C=O) groups is 2. The molecule has 25 heavy (non-hydrogen) atoms. The summed E-state index contributed by atoms with van der Waals surface area (Å²) >= 11 is 0.890. The molecule has 2 aromatic rings. The van der Waals surface area contributed by atoms with Crippen molar-refractivity contribution in [3.05, 3.63) is 45.4 Å². The van der Waals surface area contributed by atoms with Crippen molar-refractivity contribution in [2.45, 2.75) is 26.3 Å². The average Bonchev–Trinajstić information content (AvgIpc) is 2.88. The second-order valence-corrected chi connectivity index (χ2v) is 6.04. The molecule has 1 unspecified atom stereocenters. The number of para-hydroxylation sites is 1. The summed E-state index contributed by atoms with van der Waals surface area (Å²) < 4.78 is 41.1. The fraction of sp³-hybridized carbons (Fsp3) is 0.267. The van der Waals surface area contributed by atoms with Gasteiger partial charge in [-0.1, -0.05) is 12.1 Å².